The molecule has 0 heterocycles. The third-order valence-corrected chi connectivity index (χ3v) is 0.378. The highest BCUT2D eigenvalue weighted by atomic mass is 32.1. The van der Waals surface area contributed by atoms with Crippen molar-refractivity contribution in [2.45, 2.75) is 0 Å². The molecule has 0 spiro atoms. The molecule has 29 valence electrons. The molecule has 0 nitrogen and oxygen atoms in total. The van der Waals surface area contributed by atoms with Crippen molar-refractivity contribution in [2.24, 2.45) is 0 Å². The van der Waals surface area contributed by atoms with E-state index in [0.717, 1.165) is 0 Å². The van der Waals surface area contributed by atoms with E-state index < -0.39 is 0 Å². The van der Waals surface area contributed by atoms with E-state index in [0.29, 0.717) is 12.1 Å². The van der Waals surface area contributed by atoms with E-state index in [1.54, 1.807) is 0 Å². The Morgan fingerprint density at radius 1 is 1.80 bits per heavy atom. The molecule has 1 radical (unpaired) electrons. The van der Waals surface area contributed by atoms with E-state index in [-0.39, 0.29) is 0 Å². The van der Waals surface area contributed by atoms with Crippen LogP contribution in [0.3, 0.4) is 0 Å². The van der Waals surface area contributed by atoms with E-state index in [4.69, 9.17) is 0 Å². The van der Waals surface area contributed by atoms with Crippen molar-refractivity contribution in [3.05, 3.63) is 12.4 Å². The third kappa shape index (κ3) is 4.02. The molecule has 5 heavy (non-hydrogen) atoms. The van der Waals surface area contributed by atoms with Gasteiger partial charge < -0.3 is 0 Å². The van der Waals surface area contributed by atoms with Crippen LogP contribution in [0.2, 0.25) is 0 Å². The summed E-state index contributed by atoms with van der Waals surface area (Å²) in [5, 5.41) is 0. The molecule has 0 N–H and O–H groups in total. The summed E-state index contributed by atoms with van der Waals surface area (Å²) in [6.45, 7) is 0. The molecule has 0 rings (SSSR count). The molecule has 0 aliphatic rings. The molecule has 0 bridgehead atoms. The Bertz CT molecular complexity index is 33.9. The molecular formula is C3H4FS. The average molecular weight is 91.1 g/mol. The molecule has 0 amide bonds. The largest absolute Gasteiger partial charge is 0.216 e. The van der Waals surface area contributed by atoms with Crippen LogP contribution in [0.5, 0.6) is 0 Å². The molecule has 0 saturated carbocycles. The van der Waals surface area contributed by atoms with E-state index in [1.165, 1.54) is 6.08 Å². The number of halogens is 1. The second-order valence-corrected chi connectivity index (χ2v) is 0.862. The summed E-state index contributed by atoms with van der Waals surface area (Å²) in [6.07, 6.45) is 1.72. The highest BCUT2D eigenvalue weighted by Crippen LogP contribution is 1.74. The lowest BCUT2D eigenvalue weighted by Crippen LogP contribution is -1.50. The van der Waals surface area contributed by atoms with Gasteiger partial charge in [-0.15, -0.1) is 0 Å². The molecule has 0 unspecified atom stereocenters. The molecule has 0 aromatic rings. The fourth-order valence-electron chi connectivity index (χ4n) is 0.0364. The van der Waals surface area contributed by atoms with Crippen molar-refractivity contribution in [2.75, 3.05) is 5.75 Å². The topological polar surface area (TPSA) is 0 Å². The van der Waals surface area contributed by atoms with Gasteiger partial charge in [0.05, 0.1) is 6.33 Å². The van der Waals surface area contributed by atoms with Crippen LogP contribution in [-0.4, -0.2) is 5.75 Å². The second kappa shape index (κ2) is 4.02. The Labute approximate surface area is 36.1 Å². The number of hydrogen-bond acceptors (Lipinski definition) is 0. The van der Waals surface area contributed by atoms with E-state index in [2.05, 4.69) is 12.6 Å². The summed E-state index contributed by atoms with van der Waals surface area (Å²) in [5.74, 6) is 0.372. The highest BCUT2D eigenvalue weighted by Gasteiger charge is 1.57. The Balaban J connectivity index is 2.62. The zero-order valence-corrected chi connectivity index (χ0v) is 3.46. The normalized spacial score (nSPS) is 10.0. The first-order valence-electron chi connectivity index (χ1n) is 1.25. The Morgan fingerprint density at radius 2 is 2.40 bits per heavy atom. The molecular weight excluding hydrogens is 87.1 g/mol. The van der Waals surface area contributed by atoms with Crippen LogP contribution in [0.4, 0.5) is 4.39 Å². The standard InChI is InChI=1S/C3H4FS/c4-2-1-3-5/h1-2H,3H2/b2-1+. The van der Waals surface area contributed by atoms with Gasteiger partial charge in [-0.2, -0.15) is 0 Å². The molecule has 0 saturated heterocycles. The Kier molecular flexibility index (Phi) is 4.04. The molecule has 0 aliphatic carbocycles. The van der Waals surface area contributed by atoms with Gasteiger partial charge in [0.1, 0.15) is 0 Å². The third-order valence-electron chi connectivity index (χ3n) is 0.185. The lowest BCUT2D eigenvalue weighted by molar-refractivity contribution is 0.719. The van der Waals surface area contributed by atoms with Gasteiger partial charge in [0.25, 0.3) is 0 Å². The van der Waals surface area contributed by atoms with Gasteiger partial charge in [0, 0.05) is 5.75 Å². The molecule has 2 heteroatoms. The fraction of sp³-hybridized carbons (Fsp3) is 0.333. The Hall–Kier alpha value is 0.0200. The van der Waals surface area contributed by atoms with Crippen LogP contribution >= 0.6 is 12.6 Å². The molecule has 0 atom stereocenters. The van der Waals surface area contributed by atoms with Crippen LogP contribution in [-0.2, 0) is 0 Å². The predicted molar refractivity (Wildman–Crippen MR) is 22.7 cm³/mol. The predicted octanol–water partition coefficient (Wildman–Crippen LogP) is 1.67. The lowest BCUT2D eigenvalue weighted by atomic mass is 10.7. The van der Waals surface area contributed by atoms with Gasteiger partial charge in [-0.05, 0) is 6.08 Å². The zero-order chi connectivity index (χ0) is 4.12. The van der Waals surface area contributed by atoms with Crippen LogP contribution in [0, 0.1) is 0 Å². The number of hydrogen-bond donors (Lipinski definition) is 0. The second-order valence-electron chi connectivity index (χ2n) is 0.528. The smallest absolute Gasteiger partial charge is 0.0835 e. The minimum atomic E-state index is 0.372. The summed E-state index contributed by atoms with van der Waals surface area (Å²) in [7, 11) is 0. The summed E-state index contributed by atoms with van der Waals surface area (Å²) in [5.41, 5.74) is 0. The maximum Gasteiger partial charge on any atom is 0.0835 e. The quantitative estimate of drug-likeness (QED) is 0.460. The van der Waals surface area contributed by atoms with Crippen molar-refractivity contribution < 1.29 is 4.39 Å². The van der Waals surface area contributed by atoms with Crippen LogP contribution in [0.25, 0.3) is 0 Å². The van der Waals surface area contributed by atoms with E-state index >= 15 is 0 Å². The fourth-order valence-corrected chi connectivity index (χ4v) is 0.109. The average Bonchev–Trinajstić information content (AvgIpc) is 1.41. The summed E-state index contributed by atoms with van der Waals surface area (Å²) in [6, 6.07) is 0. The first-order chi connectivity index (χ1) is 2.41. The van der Waals surface area contributed by atoms with Gasteiger partial charge in [0.15, 0.2) is 0 Å². The number of rotatable bonds is 1. The highest BCUT2D eigenvalue weighted by molar-refractivity contribution is 7.80. The van der Waals surface area contributed by atoms with Gasteiger partial charge in [0.2, 0.25) is 0 Å². The minimum Gasteiger partial charge on any atom is -0.216 e. The molecule has 0 fully saturated rings. The van der Waals surface area contributed by atoms with Crippen LogP contribution < -0.4 is 0 Å². The maximum atomic E-state index is 10.7. The van der Waals surface area contributed by atoms with Gasteiger partial charge >= 0.3 is 0 Å². The van der Waals surface area contributed by atoms with Crippen LogP contribution in [0.15, 0.2) is 12.4 Å². The van der Waals surface area contributed by atoms with E-state index in [9.17, 15) is 4.39 Å². The lowest BCUT2D eigenvalue weighted by Gasteiger charge is -1.60. The van der Waals surface area contributed by atoms with Gasteiger partial charge in [-0.1, -0.05) is 12.6 Å². The van der Waals surface area contributed by atoms with Crippen LogP contribution in [0.1, 0.15) is 0 Å². The monoisotopic (exact) mass is 91.0 g/mol. The van der Waals surface area contributed by atoms with Gasteiger partial charge in [-0.25, -0.2) is 4.39 Å². The van der Waals surface area contributed by atoms with Crippen molar-refractivity contribution in [3.8, 4) is 0 Å². The summed E-state index contributed by atoms with van der Waals surface area (Å²) >= 11 is 4.32. The van der Waals surface area contributed by atoms with Crippen molar-refractivity contribution in [3.63, 3.8) is 0 Å². The SMILES string of the molecule is F/C=C/C[S]. The molecule has 0 aromatic heterocycles. The Morgan fingerprint density at radius 3 is 2.40 bits per heavy atom. The molecule has 0 aliphatic heterocycles. The summed E-state index contributed by atoms with van der Waals surface area (Å²) in [4.78, 5) is 0. The zero-order valence-electron chi connectivity index (χ0n) is 2.65. The first-order valence-corrected chi connectivity index (χ1v) is 1.83. The van der Waals surface area contributed by atoms with Crippen molar-refractivity contribution in [1.29, 1.82) is 0 Å². The minimum absolute atomic E-state index is 0.372. The van der Waals surface area contributed by atoms with Crippen molar-refractivity contribution >= 4 is 12.6 Å². The summed E-state index contributed by atoms with van der Waals surface area (Å²) < 4.78 is 10.7. The van der Waals surface area contributed by atoms with Crippen molar-refractivity contribution in [1.82, 2.24) is 0 Å². The first kappa shape index (κ1) is 5.02. The maximum absolute atomic E-state index is 10.7. The molecule has 0 aromatic carbocycles. The van der Waals surface area contributed by atoms with E-state index in [1.807, 2.05) is 0 Å². The van der Waals surface area contributed by atoms with Gasteiger partial charge in [-0.3, -0.25) is 0 Å².